The van der Waals surface area contributed by atoms with E-state index >= 15 is 0 Å². The Kier molecular flexibility index (Phi) is 7.87. The van der Waals surface area contributed by atoms with Crippen molar-refractivity contribution in [1.29, 1.82) is 0 Å². The van der Waals surface area contributed by atoms with Crippen LogP contribution in [0, 0.1) is 5.92 Å². The smallest absolute Gasteiger partial charge is 0.237 e. The van der Waals surface area contributed by atoms with Crippen molar-refractivity contribution in [2.75, 3.05) is 10.6 Å². The van der Waals surface area contributed by atoms with Gasteiger partial charge in [0.25, 0.3) is 0 Å². The van der Waals surface area contributed by atoms with Gasteiger partial charge in [0.05, 0.1) is 16.0 Å². The first kappa shape index (κ1) is 22.0. The largest absolute Gasteiger partial charge is 0.326 e. The van der Waals surface area contributed by atoms with Crippen molar-refractivity contribution in [2.45, 2.75) is 49.2 Å². The molecule has 1 aliphatic rings. The Morgan fingerprint density at radius 2 is 1.69 bits per heavy atom. The van der Waals surface area contributed by atoms with E-state index in [2.05, 4.69) is 10.6 Å². The van der Waals surface area contributed by atoms with Crippen LogP contribution in [0.4, 0.5) is 11.4 Å². The third-order valence-corrected chi connectivity index (χ3v) is 6.64. The molecule has 1 unspecified atom stereocenters. The second-order valence-electron chi connectivity index (χ2n) is 7.22. The summed E-state index contributed by atoms with van der Waals surface area (Å²) in [4.78, 5) is 25.8. The van der Waals surface area contributed by atoms with Crippen LogP contribution >= 0.6 is 35.0 Å². The van der Waals surface area contributed by atoms with Crippen LogP contribution in [0.15, 0.2) is 47.4 Å². The number of nitrogens with one attached hydrogen (secondary N) is 2. The molecule has 1 atom stereocenters. The van der Waals surface area contributed by atoms with E-state index in [1.807, 2.05) is 31.2 Å². The van der Waals surface area contributed by atoms with Gasteiger partial charge in [-0.15, -0.1) is 11.8 Å². The summed E-state index contributed by atoms with van der Waals surface area (Å²) in [6.45, 7) is 1.83. The highest BCUT2D eigenvalue weighted by molar-refractivity contribution is 8.00. The monoisotopic (exact) mass is 450 g/mol. The highest BCUT2D eigenvalue weighted by Gasteiger charge is 2.21. The molecular formula is C22H24Cl2N2O2S. The molecule has 0 bridgehead atoms. The third kappa shape index (κ3) is 6.39. The van der Waals surface area contributed by atoms with Crippen molar-refractivity contribution in [1.82, 2.24) is 0 Å². The minimum atomic E-state index is -0.326. The number of hydrogen-bond acceptors (Lipinski definition) is 3. The fourth-order valence-electron chi connectivity index (χ4n) is 3.31. The van der Waals surface area contributed by atoms with Crippen LogP contribution in [-0.4, -0.2) is 17.1 Å². The number of halogens is 2. The predicted molar refractivity (Wildman–Crippen MR) is 122 cm³/mol. The normalized spacial score (nSPS) is 15.6. The molecule has 29 heavy (non-hydrogen) atoms. The zero-order valence-corrected chi connectivity index (χ0v) is 18.5. The van der Waals surface area contributed by atoms with Crippen LogP contribution < -0.4 is 10.6 Å². The molecule has 1 saturated carbocycles. The summed E-state index contributed by atoms with van der Waals surface area (Å²) < 4.78 is 0. The van der Waals surface area contributed by atoms with E-state index in [-0.39, 0.29) is 23.0 Å². The summed E-state index contributed by atoms with van der Waals surface area (Å²) in [5.74, 6) is 0.0740. The van der Waals surface area contributed by atoms with E-state index in [0.717, 1.165) is 36.3 Å². The van der Waals surface area contributed by atoms with E-state index in [9.17, 15) is 9.59 Å². The number of amides is 2. The van der Waals surface area contributed by atoms with E-state index in [1.165, 1.54) is 18.2 Å². The van der Waals surface area contributed by atoms with E-state index in [4.69, 9.17) is 23.2 Å². The lowest BCUT2D eigenvalue weighted by atomic mass is 9.88. The van der Waals surface area contributed by atoms with Crippen LogP contribution in [0.5, 0.6) is 0 Å². The van der Waals surface area contributed by atoms with Crippen LogP contribution in [0.2, 0.25) is 10.0 Å². The number of rotatable bonds is 6. The van der Waals surface area contributed by atoms with E-state index in [1.54, 1.807) is 18.2 Å². The van der Waals surface area contributed by atoms with Gasteiger partial charge in [0, 0.05) is 21.5 Å². The van der Waals surface area contributed by atoms with Crippen LogP contribution in [0.1, 0.15) is 39.0 Å². The average Bonchev–Trinajstić information content (AvgIpc) is 2.72. The second kappa shape index (κ2) is 10.4. The molecule has 7 heteroatoms. The molecule has 2 amide bonds. The molecule has 1 aliphatic carbocycles. The zero-order chi connectivity index (χ0) is 20.8. The van der Waals surface area contributed by atoms with E-state index < -0.39 is 0 Å². The molecular weight excluding hydrogens is 427 g/mol. The molecule has 2 N–H and O–H groups in total. The summed E-state index contributed by atoms with van der Waals surface area (Å²) in [7, 11) is 0. The van der Waals surface area contributed by atoms with Gasteiger partial charge in [-0.05, 0) is 62.2 Å². The van der Waals surface area contributed by atoms with Crippen molar-refractivity contribution < 1.29 is 9.59 Å². The number of carbonyl (C=O) groups excluding carboxylic acids is 2. The molecule has 0 aromatic heterocycles. The maximum Gasteiger partial charge on any atom is 0.237 e. The summed E-state index contributed by atoms with van der Waals surface area (Å²) in [5.41, 5.74) is 1.28. The Morgan fingerprint density at radius 3 is 2.38 bits per heavy atom. The quantitative estimate of drug-likeness (QED) is 0.485. The van der Waals surface area contributed by atoms with Crippen molar-refractivity contribution in [3.63, 3.8) is 0 Å². The summed E-state index contributed by atoms with van der Waals surface area (Å²) in [6, 6.07) is 12.5. The Hall–Kier alpha value is -1.69. The minimum Gasteiger partial charge on any atom is -0.326 e. The summed E-state index contributed by atoms with van der Waals surface area (Å²) in [5, 5.41) is 6.44. The van der Waals surface area contributed by atoms with Crippen molar-refractivity contribution in [3.05, 3.63) is 52.5 Å². The highest BCUT2D eigenvalue weighted by Crippen LogP contribution is 2.29. The summed E-state index contributed by atoms with van der Waals surface area (Å²) in [6.07, 6.45) is 5.44. The molecule has 0 heterocycles. The van der Waals surface area contributed by atoms with Gasteiger partial charge in [-0.2, -0.15) is 0 Å². The van der Waals surface area contributed by atoms with Crippen molar-refractivity contribution >= 4 is 58.2 Å². The fraction of sp³-hybridized carbons (Fsp3) is 0.364. The summed E-state index contributed by atoms with van der Waals surface area (Å²) >= 11 is 13.5. The zero-order valence-electron chi connectivity index (χ0n) is 16.2. The Labute approximate surface area is 185 Å². The molecule has 154 valence electrons. The lowest BCUT2D eigenvalue weighted by Crippen LogP contribution is -2.24. The lowest BCUT2D eigenvalue weighted by molar-refractivity contribution is -0.120. The molecule has 2 aromatic carbocycles. The van der Waals surface area contributed by atoms with Gasteiger partial charge >= 0.3 is 0 Å². The van der Waals surface area contributed by atoms with Crippen LogP contribution in [0.3, 0.4) is 0 Å². The van der Waals surface area contributed by atoms with Gasteiger partial charge in [0.1, 0.15) is 0 Å². The first-order valence-electron chi connectivity index (χ1n) is 9.76. The minimum absolute atomic E-state index is 0.108. The lowest BCUT2D eigenvalue weighted by Gasteiger charge is -2.20. The molecule has 0 saturated heterocycles. The first-order valence-corrected chi connectivity index (χ1v) is 11.4. The SMILES string of the molecule is CC(Sc1ccc(NC(=O)C2CCCCC2)cc1)C(=O)Nc1cc(Cl)ccc1Cl. The van der Waals surface area contributed by atoms with Crippen molar-refractivity contribution in [2.24, 2.45) is 5.92 Å². The molecule has 4 nitrogen and oxygen atoms in total. The number of thioether (sulfide) groups is 1. The second-order valence-corrected chi connectivity index (χ2v) is 9.48. The molecule has 1 fully saturated rings. The van der Waals surface area contributed by atoms with Gasteiger partial charge in [-0.25, -0.2) is 0 Å². The standard InChI is InChI=1S/C22H24Cl2N2O2S/c1-14(21(27)26-20-13-16(23)7-12-19(20)24)29-18-10-8-17(9-11-18)25-22(28)15-5-3-2-4-6-15/h7-15H,2-6H2,1H3,(H,25,28)(H,26,27). The van der Waals surface area contributed by atoms with Gasteiger partial charge < -0.3 is 10.6 Å². The van der Waals surface area contributed by atoms with Crippen LogP contribution in [-0.2, 0) is 9.59 Å². The Bertz CT molecular complexity index is 868. The molecule has 0 spiro atoms. The molecule has 3 rings (SSSR count). The Morgan fingerprint density at radius 1 is 1.00 bits per heavy atom. The maximum atomic E-state index is 12.5. The Balaban J connectivity index is 1.53. The van der Waals surface area contributed by atoms with Gasteiger partial charge in [0.15, 0.2) is 0 Å². The number of carbonyl (C=O) groups is 2. The topological polar surface area (TPSA) is 58.2 Å². The highest BCUT2D eigenvalue weighted by atomic mass is 35.5. The number of anilines is 2. The third-order valence-electron chi connectivity index (χ3n) is 4.97. The molecule has 2 aromatic rings. The molecule has 0 radical (unpaired) electrons. The van der Waals surface area contributed by atoms with Crippen LogP contribution in [0.25, 0.3) is 0 Å². The van der Waals surface area contributed by atoms with Crippen molar-refractivity contribution in [3.8, 4) is 0 Å². The number of hydrogen-bond donors (Lipinski definition) is 2. The van der Waals surface area contributed by atoms with Gasteiger partial charge in [0.2, 0.25) is 11.8 Å². The number of benzene rings is 2. The first-order chi connectivity index (χ1) is 13.9. The predicted octanol–water partition coefficient (Wildman–Crippen LogP) is 6.63. The molecule has 0 aliphatic heterocycles. The van der Waals surface area contributed by atoms with E-state index in [0.29, 0.717) is 15.7 Å². The van der Waals surface area contributed by atoms with Gasteiger partial charge in [-0.3, -0.25) is 9.59 Å². The maximum absolute atomic E-state index is 12.5. The fourth-order valence-corrected chi connectivity index (χ4v) is 4.52. The average molecular weight is 451 g/mol. The van der Waals surface area contributed by atoms with Gasteiger partial charge in [-0.1, -0.05) is 42.5 Å².